The van der Waals surface area contributed by atoms with Crippen LogP contribution in [0.2, 0.25) is 0 Å². The van der Waals surface area contributed by atoms with E-state index in [0.29, 0.717) is 16.7 Å². The van der Waals surface area contributed by atoms with Crippen LogP contribution in [-0.2, 0) is 11.2 Å². The molecule has 0 saturated heterocycles. The maximum absolute atomic E-state index is 11.9. The number of nitriles is 2. The van der Waals surface area contributed by atoms with Crippen molar-refractivity contribution in [1.82, 2.24) is 4.98 Å². The number of nitrogens with two attached hydrogens (primary N) is 1. The van der Waals surface area contributed by atoms with Gasteiger partial charge in [-0.05, 0) is 23.1 Å². The number of pyridine rings is 1. The van der Waals surface area contributed by atoms with Crippen LogP contribution in [0.1, 0.15) is 34.4 Å². The van der Waals surface area contributed by atoms with Gasteiger partial charge < -0.3 is 10.8 Å². The van der Waals surface area contributed by atoms with Crippen molar-refractivity contribution in [3.8, 4) is 23.3 Å². The number of thioether (sulfide) groups is 1. The molecule has 0 aliphatic heterocycles. The van der Waals surface area contributed by atoms with E-state index in [1.165, 1.54) is 0 Å². The van der Waals surface area contributed by atoms with Crippen molar-refractivity contribution in [2.24, 2.45) is 0 Å². The zero-order chi connectivity index (χ0) is 21.7. The van der Waals surface area contributed by atoms with E-state index in [4.69, 9.17) is 5.73 Å². The Morgan fingerprint density at radius 1 is 1.10 bits per heavy atom. The van der Waals surface area contributed by atoms with Gasteiger partial charge in [0, 0.05) is 5.56 Å². The molecule has 1 atom stereocenters. The third-order valence-corrected chi connectivity index (χ3v) is 5.85. The molecule has 0 radical (unpaired) electrons. The van der Waals surface area contributed by atoms with Crippen molar-refractivity contribution in [2.75, 3.05) is 5.73 Å². The minimum absolute atomic E-state index is 0.0363. The van der Waals surface area contributed by atoms with E-state index < -0.39 is 11.2 Å². The molecule has 3 aromatic rings. The minimum atomic E-state index is -1.06. The third-order valence-electron chi connectivity index (χ3n) is 4.62. The smallest absolute Gasteiger partial charge is 0.321 e. The van der Waals surface area contributed by atoms with E-state index >= 15 is 0 Å². The number of anilines is 1. The van der Waals surface area contributed by atoms with Crippen LogP contribution in [0.15, 0.2) is 59.6 Å². The summed E-state index contributed by atoms with van der Waals surface area (Å²) in [5.41, 5.74) is 8.98. The third kappa shape index (κ3) is 4.12. The molecule has 0 fully saturated rings. The molecule has 6 nitrogen and oxygen atoms in total. The van der Waals surface area contributed by atoms with Gasteiger partial charge in [-0.2, -0.15) is 10.5 Å². The second-order valence-corrected chi connectivity index (χ2v) is 7.54. The van der Waals surface area contributed by atoms with Crippen LogP contribution in [-0.4, -0.2) is 16.1 Å². The molecule has 0 bridgehead atoms. The van der Waals surface area contributed by atoms with E-state index in [0.717, 1.165) is 23.7 Å². The summed E-state index contributed by atoms with van der Waals surface area (Å²) in [4.78, 5) is 16.1. The second-order valence-electron chi connectivity index (χ2n) is 6.45. The highest BCUT2D eigenvalue weighted by molar-refractivity contribution is 8.00. The number of carbonyl (C=O) groups is 1. The molecule has 2 aromatic carbocycles. The number of aromatic nitrogens is 1. The van der Waals surface area contributed by atoms with Gasteiger partial charge in [0.15, 0.2) is 0 Å². The summed E-state index contributed by atoms with van der Waals surface area (Å²) in [6, 6.07) is 20.3. The van der Waals surface area contributed by atoms with Gasteiger partial charge in [-0.15, -0.1) is 0 Å². The van der Waals surface area contributed by atoms with Gasteiger partial charge >= 0.3 is 5.97 Å². The first-order valence-corrected chi connectivity index (χ1v) is 10.1. The quantitative estimate of drug-likeness (QED) is 0.567. The van der Waals surface area contributed by atoms with Crippen molar-refractivity contribution >= 4 is 23.5 Å². The molecule has 3 rings (SSSR count). The molecule has 0 saturated carbocycles. The van der Waals surface area contributed by atoms with E-state index in [9.17, 15) is 20.4 Å². The van der Waals surface area contributed by atoms with Crippen LogP contribution in [0.25, 0.3) is 11.1 Å². The summed E-state index contributed by atoms with van der Waals surface area (Å²) in [5, 5.41) is 28.5. The molecular weight excluding hydrogens is 396 g/mol. The fourth-order valence-electron chi connectivity index (χ4n) is 3.08. The lowest BCUT2D eigenvalue weighted by Gasteiger charge is -2.16. The first kappa shape index (κ1) is 20.9. The van der Waals surface area contributed by atoms with E-state index in [-0.39, 0.29) is 22.0 Å². The average molecular weight is 414 g/mol. The number of carboxylic acids is 1. The van der Waals surface area contributed by atoms with Gasteiger partial charge in [0.05, 0.1) is 5.56 Å². The van der Waals surface area contributed by atoms with Gasteiger partial charge in [0.2, 0.25) is 0 Å². The summed E-state index contributed by atoms with van der Waals surface area (Å²) < 4.78 is 0. The minimum Gasteiger partial charge on any atom is -0.480 e. The van der Waals surface area contributed by atoms with Gasteiger partial charge in [-0.25, -0.2) is 4.98 Å². The highest BCUT2D eigenvalue weighted by Gasteiger charge is 2.27. The maximum Gasteiger partial charge on any atom is 0.321 e. The Morgan fingerprint density at radius 2 is 1.73 bits per heavy atom. The van der Waals surface area contributed by atoms with Gasteiger partial charge in [-0.1, -0.05) is 73.3 Å². The predicted molar refractivity (Wildman–Crippen MR) is 116 cm³/mol. The summed E-state index contributed by atoms with van der Waals surface area (Å²) in [6.07, 6.45) is 0.855. The largest absolute Gasteiger partial charge is 0.480 e. The van der Waals surface area contributed by atoms with Crippen molar-refractivity contribution < 1.29 is 9.90 Å². The molecular formula is C23H18N4O2S. The highest BCUT2D eigenvalue weighted by Crippen LogP contribution is 2.41. The predicted octanol–water partition coefficient (Wildman–Crippen LogP) is 4.55. The Bertz CT molecular complexity index is 1160. The number of hydrogen-bond donors (Lipinski definition) is 2. The zero-order valence-electron chi connectivity index (χ0n) is 16.2. The standard InChI is InChI=1S/C23H18N4O2S/c1-2-14-8-10-15(11-9-14)19-17(12-24)21(26)27-22(18(19)13-25)30-20(23(28)29)16-6-4-3-5-7-16/h3-11,20H,2H2,1H3,(H2,26,27)(H,28,29). The van der Waals surface area contributed by atoms with Crippen LogP contribution in [0.3, 0.4) is 0 Å². The Kier molecular flexibility index (Phi) is 6.36. The molecule has 0 aliphatic carbocycles. The van der Waals surface area contributed by atoms with E-state index in [1.54, 1.807) is 30.3 Å². The summed E-state index contributed by atoms with van der Waals surface area (Å²) in [5.74, 6) is -1.10. The average Bonchev–Trinajstić information content (AvgIpc) is 2.77. The molecule has 0 spiro atoms. The Balaban J connectivity index is 2.18. The monoisotopic (exact) mass is 414 g/mol. The second kappa shape index (κ2) is 9.13. The van der Waals surface area contributed by atoms with Gasteiger partial charge in [-0.3, -0.25) is 4.79 Å². The number of nitrogen functional groups attached to an aromatic ring is 1. The number of aryl methyl sites for hydroxylation is 1. The number of benzene rings is 2. The first-order chi connectivity index (χ1) is 14.5. The molecule has 148 valence electrons. The zero-order valence-corrected chi connectivity index (χ0v) is 17.0. The van der Waals surface area contributed by atoms with E-state index in [1.807, 2.05) is 37.3 Å². The number of rotatable bonds is 6. The lowest BCUT2D eigenvalue weighted by Crippen LogP contribution is -2.10. The highest BCUT2D eigenvalue weighted by atomic mass is 32.2. The van der Waals surface area contributed by atoms with E-state index in [2.05, 4.69) is 11.1 Å². The molecule has 0 aliphatic rings. The molecule has 1 unspecified atom stereocenters. The molecule has 0 amide bonds. The van der Waals surface area contributed by atoms with Gasteiger partial charge in [0.1, 0.15) is 33.8 Å². The van der Waals surface area contributed by atoms with Crippen LogP contribution < -0.4 is 5.73 Å². The fourth-order valence-corrected chi connectivity index (χ4v) is 4.11. The lowest BCUT2D eigenvalue weighted by atomic mass is 9.96. The van der Waals surface area contributed by atoms with Crippen molar-refractivity contribution in [3.63, 3.8) is 0 Å². The molecule has 1 aromatic heterocycles. The Hall–Kier alpha value is -3.81. The lowest BCUT2D eigenvalue weighted by molar-refractivity contribution is -0.136. The number of nitrogens with zero attached hydrogens (tertiary/aromatic N) is 3. The van der Waals surface area contributed by atoms with Crippen LogP contribution in [0, 0.1) is 22.7 Å². The summed E-state index contributed by atoms with van der Waals surface area (Å²) >= 11 is 0.928. The van der Waals surface area contributed by atoms with Crippen LogP contribution in [0.4, 0.5) is 5.82 Å². The molecule has 30 heavy (non-hydrogen) atoms. The van der Waals surface area contributed by atoms with Crippen molar-refractivity contribution in [2.45, 2.75) is 23.6 Å². The van der Waals surface area contributed by atoms with Crippen molar-refractivity contribution in [3.05, 3.63) is 76.9 Å². The normalized spacial score (nSPS) is 11.3. The number of hydrogen-bond acceptors (Lipinski definition) is 6. The van der Waals surface area contributed by atoms with Crippen LogP contribution >= 0.6 is 11.8 Å². The van der Waals surface area contributed by atoms with Crippen LogP contribution in [0.5, 0.6) is 0 Å². The number of aliphatic carboxylic acids is 1. The topological polar surface area (TPSA) is 124 Å². The number of carboxylic acid groups (broad SMARTS) is 1. The first-order valence-electron chi connectivity index (χ1n) is 9.17. The van der Waals surface area contributed by atoms with Crippen molar-refractivity contribution in [1.29, 1.82) is 10.5 Å². The summed E-state index contributed by atoms with van der Waals surface area (Å²) in [6.45, 7) is 2.03. The Labute approximate surface area is 178 Å². The SMILES string of the molecule is CCc1ccc(-c2c(C#N)c(N)nc(SC(C(=O)O)c3ccccc3)c2C#N)cc1. The summed E-state index contributed by atoms with van der Waals surface area (Å²) in [7, 11) is 0. The molecule has 7 heteroatoms. The molecule has 1 heterocycles. The Morgan fingerprint density at radius 3 is 2.27 bits per heavy atom. The fraction of sp³-hybridized carbons (Fsp3) is 0.130. The molecule has 3 N–H and O–H groups in total. The van der Waals surface area contributed by atoms with Gasteiger partial charge in [0.25, 0.3) is 0 Å². The maximum atomic E-state index is 11.9.